The van der Waals surface area contributed by atoms with Gasteiger partial charge in [-0.2, -0.15) is 14.0 Å². The van der Waals surface area contributed by atoms with Crippen LogP contribution in [0.1, 0.15) is 15.9 Å². The summed E-state index contributed by atoms with van der Waals surface area (Å²) < 4.78 is 34.2. The van der Waals surface area contributed by atoms with Crippen LogP contribution in [0, 0.1) is 11.3 Å². The number of hydrogen-bond donors (Lipinski definition) is 0. The first kappa shape index (κ1) is 15.4. The molecule has 22 heavy (non-hydrogen) atoms. The van der Waals surface area contributed by atoms with Crippen molar-refractivity contribution >= 4 is 5.97 Å². The third-order valence-electron chi connectivity index (χ3n) is 2.84. The van der Waals surface area contributed by atoms with Gasteiger partial charge < -0.3 is 9.47 Å². The van der Waals surface area contributed by atoms with E-state index in [2.05, 4.69) is 14.5 Å². The van der Waals surface area contributed by atoms with Gasteiger partial charge in [0.1, 0.15) is 5.75 Å². The van der Waals surface area contributed by atoms with Gasteiger partial charge in [-0.3, -0.25) is 4.98 Å². The van der Waals surface area contributed by atoms with Gasteiger partial charge in [0.2, 0.25) is 0 Å². The predicted molar refractivity (Wildman–Crippen MR) is 72.4 cm³/mol. The van der Waals surface area contributed by atoms with E-state index in [0.29, 0.717) is 0 Å². The topological polar surface area (TPSA) is 72.2 Å². The van der Waals surface area contributed by atoms with Crippen molar-refractivity contribution < 1.29 is 23.0 Å². The summed E-state index contributed by atoms with van der Waals surface area (Å²) in [5, 5.41) is 8.96. The second-order valence-electron chi connectivity index (χ2n) is 4.11. The standard InChI is InChI=1S/C15H10F2N2O3/c1-21-14(20)10-4-5-19-8-12(10)11-6-9(7-18)2-3-13(11)22-15(16)17/h2-6,8,15H,1H3. The Kier molecular flexibility index (Phi) is 4.63. The smallest absolute Gasteiger partial charge is 0.387 e. The van der Waals surface area contributed by atoms with Crippen molar-refractivity contribution in [3.8, 4) is 22.9 Å². The van der Waals surface area contributed by atoms with E-state index in [4.69, 9.17) is 5.26 Å². The molecule has 2 aromatic rings. The molecule has 1 heterocycles. The zero-order chi connectivity index (χ0) is 16.1. The van der Waals surface area contributed by atoms with Crippen LogP contribution >= 0.6 is 0 Å². The largest absolute Gasteiger partial charge is 0.465 e. The molecular weight excluding hydrogens is 294 g/mol. The number of carbonyl (C=O) groups is 1. The molecule has 0 saturated heterocycles. The monoisotopic (exact) mass is 304 g/mol. The lowest BCUT2D eigenvalue weighted by atomic mass is 9.99. The van der Waals surface area contributed by atoms with Gasteiger partial charge in [0.05, 0.1) is 24.3 Å². The first-order valence-corrected chi connectivity index (χ1v) is 6.08. The van der Waals surface area contributed by atoms with Crippen LogP contribution in [0.15, 0.2) is 36.7 Å². The van der Waals surface area contributed by atoms with E-state index in [-0.39, 0.29) is 28.0 Å². The number of halogens is 2. The first-order valence-electron chi connectivity index (χ1n) is 6.08. The Balaban J connectivity index is 2.65. The van der Waals surface area contributed by atoms with Crippen LogP contribution in [0.25, 0.3) is 11.1 Å². The fourth-order valence-corrected chi connectivity index (χ4v) is 1.91. The molecule has 0 aliphatic rings. The number of carbonyl (C=O) groups excluding carboxylic acids is 1. The van der Waals surface area contributed by atoms with E-state index in [1.165, 1.54) is 43.8 Å². The maximum atomic E-state index is 12.5. The second-order valence-corrected chi connectivity index (χ2v) is 4.11. The summed E-state index contributed by atoms with van der Waals surface area (Å²) in [6, 6.07) is 7.23. The van der Waals surface area contributed by atoms with Crippen molar-refractivity contribution in [3.63, 3.8) is 0 Å². The maximum Gasteiger partial charge on any atom is 0.387 e. The molecule has 0 aliphatic heterocycles. The zero-order valence-electron chi connectivity index (χ0n) is 11.4. The highest BCUT2D eigenvalue weighted by Gasteiger charge is 2.18. The van der Waals surface area contributed by atoms with Gasteiger partial charge in [0, 0.05) is 23.5 Å². The van der Waals surface area contributed by atoms with Gasteiger partial charge in [-0.25, -0.2) is 4.79 Å². The molecule has 0 radical (unpaired) electrons. The van der Waals surface area contributed by atoms with Crippen molar-refractivity contribution in [1.29, 1.82) is 5.26 Å². The molecule has 112 valence electrons. The Bertz CT molecular complexity index is 742. The number of nitriles is 1. The normalized spacial score (nSPS) is 10.1. The number of alkyl halides is 2. The lowest BCUT2D eigenvalue weighted by Gasteiger charge is -2.13. The Morgan fingerprint density at radius 2 is 2.09 bits per heavy atom. The maximum absolute atomic E-state index is 12.5. The van der Waals surface area contributed by atoms with Gasteiger partial charge >= 0.3 is 12.6 Å². The third-order valence-corrected chi connectivity index (χ3v) is 2.84. The minimum Gasteiger partial charge on any atom is -0.465 e. The number of benzene rings is 1. The van der Waals surface area contributed by atoms with Gasteiger partial charge in [-0.1, -0.05) is 0 Å². The minimum atomic E-state index is -3.04. The van der Waals surface area contributed by atoms with Gasteiger partial charge in [-0.15, -0.1) is 0 Å². The molecule has 0 aliphatic carbocycles. The number of hydrogen-bond acceptors (Lipinski definition) is 5. The molecule has 5 nitrogen and oxygen atoms in total. The SMILES string of the molecule is COC(=O)c1ccncc1-c1cc(C#N)ccc1OC(F)F. The summed E-state index contributed by atoms with van der Waals surface area (Å²) >= 11 is 0. The fourth-order valence-electron chi connectivity index (χ4n) is 1.91. The molecule has 0 saturated carbocycles. The van der Waals surface area contributed by atoms with E-state index in [1.54, 1.807) is 0 Å². The van der Waals surface area contributed by atoms with Crippen LogP contribution in [0.3, 0.4) is 0 Å². The Labute approximate surface area is 124 Å². The molecule has 0 N–H and O–H groups in total. The van der Waals surface area contributed by atoms with Crippen LogP contribution in [0.2, 0.25) is 0 Å². The number of rotatable bonds is 4. The average molecular weight is 304 g/mol. The lowest BCUT2D eigenvalue weighted by molar-refractivity contribution is -0.0494. The van der Waals surface area contributed by atoms with Crippen LogP contribution in [-0.2, 0) is 4.74 Å². The highest BCUT2D eigenvalue weighted by Crippen LogP contribution is 2.34. The minimum absolute atomic E-state index is 0.131. The second kappa shape index (κ2) is 6.63. The van der Waals surface area contributed by atoms with Crippen LogP contribution < -0.4 is 4.74 Å². The van der Waals surface area contributed by atoms with Gasteiger partial charge in [0.25, 0.3) is 0 Å². The Morgan fingerprint density at radius 3 is 2.73 bits per heavy atom. The molecule has 0 bridgehead atoms. The molecule has 7 heteroatoms. The predicted octanol–water partition coefficient (Wildman–Crippen LogP) is 3.01. The summed E-state index contributed by atoms with van der Waals surface area (Å²) in [6.07, 6.45) is 2.69. The van der Waals surface area contributed by atoms with Crippen LogP contribution in [0.5, 0.6) is 5.75 Å². The molecule has 0 atom stereocenters. The third kappa shape index (κ3) is 3.17. The fraction of sp³-hybridized carbons (Fsp3) is 0.133. The molecule has 0 fully saturated rings. The molecule has 0 unspecified atom stereocenters. The van der Waals surface area contributed by atoms with Gasteiger partial charge in [-0.05, 0) is 24.3 Å². The number of nitrogens with zero attached hydrogens (tertiary/aromatic N) is 2. The van der Waals surface area contributed by atoms with Crippen LogP contribution in [-0.4, -0.2) is 24.7 Å². The zero-order valence-corrected chi connectivity index (χ0v) is 11.4. The first-order chi connectivity index (χ1) is 10.6. The summed E-state index contributed by atoms with van der Waals surface area (Å²) in [5.74, 6) is -0.810. The number of aromatic nitrogens is 1. The molecular formula is C15H10F2N2O3. The summed E-state index contributed by atoms with van der Waals surface area (Å²) in [7, 11) is 1.20. The number of esters is 1. The average Bonchev–Trinajstić information content (AvgIpc) is 2.54. The van der Waals surface area contributed by atoms with Gasteiger partial charge in [0.15, 0.2) is 0 Å². The number of methoxy groups -OCH3 is 1. The van der Waals surface area contributed by atoms with E-state index < -0.39 is 12.6 Å². The van der Waals surface area contributed by atoms with E-state index in [9.17, 15) is 13.6 Å². The summed E-state index contributed by atoms with van der Waals surface area (Å²) in [5.41, 5.74) is 0.762. The quantitative estimate of drug-likeness (QED) is 0.812. The molecule has 1 aromatic heterocycles. The van der Waals surface area contributed by atoms with Crippen molar-refractivity contribution in [2.24, 2.45) is 0 Å². The lowest BCUT2D eigenvalue weighted by Crippen LogP contribution is -2.07. The van der Waals surface area contributed by atoms with E-state index >= 15 is 0 Å². The summed E-state index contributed by atoms with van der Waals surface area (Å²) in [6.45, 7) is -3.04. The highest BCUT2D eigenvalue weighted by atomic mass is 19.3. The Hall–Kier alpha value is -3.01. The van der Waals surface area contributed by atoms with Crippen molar-refractivity contribution in [3.05, 3.63) is 47.8 Å². The summed E-state index contributed by atoms with van der Waals surface area (Å²) in [4.78, 5) is 15.7. The van der Waals surface area contributed by atoms with E-state index in [1.807, 2.05) is 6.07 Å². The van der Waals surface area contributed by atoms with Crippen molar-refractivity contribution in [2.75, 3.05) is 7.11 Å². The van der Waals surface area contributed by atoms with E-state index in [0.717, 1.165) is 0 Å². The number of ether oxygens (including phenoxy) is 2. The van der Waals surface area contributed by atoms with Crippen molar-refractivity contribution in [1.82, 2.24) is 4.98 Å². The Morgan fingerprint density at radius 1 is 1.32 bits per heavy atom. The molecule has 0 spiro atoms. The number of pyridine rings is 1. The highest BCUT2D eigenvalue weighted by molar-refractivity contribution is 5.97. The molecule has 1 aromatic carbocycles. The van der Waals surface area contributed by atoms with Crippen molar-refractivity contribution in [2.45, 2.75) is 6.61 Å². The van der Waals surface area contributed by atoms with Crippen LogP contribution in [0.4, 0.5) is 8.78 Å². The molecule has 0 amide bonds. The molecule has 2 rings (SSSR count).